The van der Waals surface area contributed by atoms with Crippen LogP contribution in [0.3, 0.4) is 0 Å². The molecule has 0 atom stereocenters. The van der Waals surface area contributed by atoms with Crippen molar-refractivity contribution in [2.45, 2.75) is 18.7 Å². The maximum atomic E-state index is 12.7. The van der Waals surface area contributed by atoms with E-state index in [0.717, 1.165) is 11.4 Å². The van der Waals surface area contributed by atoms with Gasteiger partial charge in [0, 0.05) is 11.3 Å². The van der Waals surface area contributed by atoms with Gasteiger partial charge in [-0.05, 0) is 68.4 Å². The van der Waals surface area contributed by atoms with Crippen LogP contribution in [-0.2, 0) is 10.0 Å². The minimum atomic E-state index is -3.86. The van der Waals surface area contributed by atoms with E-state index in [0.29, 0.717) is 28.5 Å². The Hall–Kier alpha value is -4.18. The highest BCUT2D eigenvalue weighted by molar-refractivity contribution is 7.92. The average molecular weight is 478 g/mol. The van der Waals surface area contributed by atoms with Crippen molar-refractivity contribution in [2.24, 2.45) is 0 Å². The minimum absolute atomic E-state index is 0.0193. The summed E-state index contributed by atoms with van der Waals surface area (Å²) in [4.78, 5) is 17.0. The summed E-state index contributed by atoms with van der Waals surface area (Å²) in [5.41, 5.74) is 2.98. The largest absolute Gasteiger partial charge is 0.495 e. The van der Waals surface area contributed by atoms with Gasteiger partial charge in [0.1, 0.15) is 5.75 Å². The molecule has 2 N–H and O–H groups in total. The standard InChI is InChI=1S/C24H23N5O4S/c1-16-14-17(2)29(27-16)23-13-10-19(15-25-23)26-24(30)18-8-11-20(12-9-18)34(31,32)28-21-6-4-5-7-22(21)33-3/h4-15,28H,1-3H3,(H,26,30). The van der Waals surface area contributed by atoms with E-state index in [4.69, 9.17) is 4.74 Å². The second kappa shape index (κ2) is 9.36. The molecule has 0 aliphatic carbocycles. The van der Waals surface area contributed by atoms with Crippen LogP contribution in [0, 0.1) is 13.8 Å². The number of carbonyl (C=O) groups is 1. The molecule has 0 spiro atoms. The van der Waals surface area contributed by atoms with Crippen LogP contribution in [0.2, 0.25) is 0 Å². The molecular formula is C24H23N5O4S. The first-order valence-electron chi connectivity index (χ1n) is 10.3. The summed E-state index contributed by atoms with van der Waals surface area (Å²) in [5.74, 6) is 0.655. The van der Waals surface area contributed by atoms with Crippen LogP contribution in [0.5, 0.6) is 5.75 Å². The lowest BCUT2D eigenvalue weighted by atomic mass is 10.2. The maximum absolute atomic E-state index is 12.7. The van der Waals surface area contributed by atoms with E-state index >= 15 is 0 Å². The number of aryl methyl sites for hydroxylation is 2. The number of benzene rings is 2. The molecule has 4 rings (SSSR count). The monoisotopic (exact) mass is 477 g/mol. The fraction of sp³-hybridized carbons (Fsp3) is 0.125. The molecule has 10 heteroatoms. The Kier molecular flexibility index (Phi) is 6.33. The molecule has 0 radical (unpaired) electrons. The molecule has 0 unspecified atom stereocenters. The number of para-hydroxylation sites is 2. The van der Waals surface area contributed by atoms with E-state index < -0.39 is 10.0 Å². The van der Waals surface area contributed by atoms with Crippen molar-refractivity contribution in [1.29, 1.82) is 0 Å². The molecule has 4 aromatic rings. The van der Waals surface area contributed by atoms with Crippen molar-refractivity contribution in [1.82, 2.24) is 14.8 Å². The average Bonchev–Trinajstić information content (AvgIpc) is 3.17. The Morgan fingerprint density at radius 1 is 1.00 bits per heavy atom. The van der Waals surface area contributed by atoms with Crippen molar-refractivity contribution >= 4 is 27.3 Å². The molecule has 34 heavy (non-hydrogen) atoms. The van der Waals surface area contributed by atoms with Crippen LogP contribution >= 0.6 is 0 Å². The fourth-order valence-corrected chi connectivity index (χ4v) is 4.44. The minimum Gasteiger partial charge on any atom is -0.495 e. The molecule has 0 saturated heterocycles. The zero-order chi connectivity index (χ0) is 24.3. The number of methoxy groups -OCH3 is 1. The molecule has 1 amide bonds. The first-order chi connectivity index (χ1) is 16.3. The predicted octanol–water partition coefficient (Wildman–Crippen LogP) is 3.95. The predicted molar refractivity (Wildman–Crippen MR) is 129 cm³/mol. The van der Waals surface area contributed by atoms with Crippen molar-refractivity contribution < 1.29 is 17.9 Å². The van der Waals surface area contributed by atoms with E-state index in [-0.39, 0.29) is 10.8 Å². The molecule has 0 fully saturated rings. The number of aromatic nitrogens is 3. The number of hydrogen-bond acceptors (Lipinski definition) is 6. The van der Waals surface area contributed by atoms with E-state index in [1.165, 1.54) is 31.4 Å². The lowest BCUT2D eigenvalue weighted by Gasteiger charge is -2.12. The third kappa shape index (κ3) is 4.91. The van der Waals surface area contributed by atoms with Gasteiger partial charge < -0.3 is 10.1 Å². The highest BCUT2D eigenvalue weighted by Crippen LogP contribution is 2.26. The van der Waals surface area contributed by atoms with Gasteiger partial charge in [-0.3, -0.25) is 9.52 Å². The third-order valence-corrected chi connectivity index (χ3v) is 6.39. The Labute approximate surface area is 197 Å². The number of anilines is 2. The van der Waals surface area contributed by atoms with E-state index in [9.17, 15) is 13.2 Å². The van der Waals surface area contributed by atoms with Gasteiger partial charge in [-0.1, -0.05) is 12.1 Å². The SMILES string of the molecule is COc1ccccc1NS(=O)(=O)c1ccc(C(=O)Nc2ccc(-n3nc(C)cc3C)nc2)cc1. The number of carbonyl (C=O) groups excluding carboxylic acids is 1. The topological polar surface area (TPSA) is 115 Å². The fourth-order valence-electron chi connectivity index (χ4n) is 3.37. The normalized spacial score (nSPS) is 11.1. The number of ether oxygens (including phenoxy) is 1. The molecular weight excluding hydrogens is 454 g/mol. The summed E-state index contributed by atoms with van der Waals surface area (Å²) in [6.07, 6.45) is 1.54. The number of sulfonamides is 1. The molecule has 2 aromatic heterocycles. The highest BCUT2D eigenvalue weighted by atomic mass is 32.2. The number of amides is 1. The van der Waals surface area contributed by atoms with Crippen molar-refractivity contribution in [3.63, 3.8) is 0 Å². The second-order valence-corrected chi connectivity index (χ2v) is 9.21. The Bertz CT molecular complexity index is 1430. The lowest BCUT2D eigenvalue weighted by molar-refractivity contribution is 0.102. The first-order valence-corrected chi connectivity index (χ1v) is 11.8. The summed E-state index contributed by atoms with van der Waals surface area (Å²) in [6, 6.07) is 17.8. The van der Waals surface area contributed by atoms with Crippen LogP contribution in [-0.4, -0.2) is 36.2 Å². The van der Waals surface area contributed by atoms with Gasteiger partial charge >= 0.3 is 0 Å². The van der Waals surface area contributed by atoms with Gasteiger partial charge in [-0.25, -0.2) is 18.1 Å². The Morgan fingerprint density at radius 3 is 2.35 bits per heavy atom. The van der Waals surface area contributed by atoms with Gasteiger partial charge in [-0.2, -0.15) is 5.10 Å². The quantitative estimate of drug-likeness (QED) is 0.417. The molecule has 0 aliphatic heterocycles. The van der Waals surface area contributed by atoms with E-state index in [1.807, 2.05) is 19.9 Å². The van der Waals surface area contributed by atoms with Crippen LogP contribution < -0.4 is 14.8 Å². The summed E-state index contributed by atoms with van der Waals surface area (Å²) in [7, 11) is -2.40. The van der Waals surface area contributed by atoms with Gasteiger partial charge in [0.25, 0.3) is 15.9 Å². The Morgan fingerprint density at radius 2 is 1.74 bits per heavy atom. The molecule has 2 heterocycles. The van der Waals surface area contributed by atoms with Crippen molar-refractivity contribution in [3.8, 4) is 11.6 Å². The molecule has 0 aliphatic rings. The number of hydrogen-bond donors (Lipinski definition) is 2. The lowest BCUT2D eigenvalue weighted by Crippen LogP contribution is -2.15. The zero-order valence-corrected chi connectivity index (χ0v) is 19.6. The molecule has 174 valence electrons. The summed E-state index contributed by atoms with van der Waals surface area (Å²) in [6.45, 7) is 3.84. The summed E-state index contributed by atoms with van der Waals surface area (Å²) < 4.78 is 34.9. The number of nitrogens with one attached hydrogen (secondary N) is 2. The Balaban J connectivity index is 1.45. The molecule has 0 bridgehead atoms. The van der Waals surface area contributed by atoms with Gasteiger partial charge in [-0.15, -0.1) is 0 Å². The number of nitrogens with zero attached hydrogens (tertiary/aromatic N) is 3. The maximum Gasteiger partial charge on any atom is 0.262 e. The second-order valence-electron chi connectivity index (χ2n) is 7.53. The number of pyridine rings is 1. The third-order valence-electron chi connectivity index (χ3n) is 5.01. The van der Waals surface area contributed by atoms with Crippen molar-refractivity contribution in [2.75, 3.05) is 17.1 Å². The molecule has 0 saturated carbocycles. The van der Waals surface area contributed by atoms with Crippen molar-refractivity contribution in [3.05, 3.63) is 89.9 Å². The number of rotatable bonds is 7. The summed E-state index contributed by atoms with van der Waals surface area (Å²) in [5, 5.41) is 7.15. The smallest absolute Gasteiger partial charge is 0.262 e. The molecule has 2 aromatic carbocycles. The van der Waals surface area contributed by atoms with Crippen LogP contribution in [0.25, 0.3) is 5.82 Å². The van der Waals surface area contributed by atoms with Gasteiger partial charge in [0.15, 0.2) is 5.82 Å². The van der Waals surface area contributed by atoms with Crippen LogP contribution in [0.4, 0.5) is 11.4 Å². The first kappa shape index (κ1) is 23.0. The summed E-state index contributed by atoms with van der Waals surface area (Å²) >= 11 is 0. The zero-order valence-electron chi connectivity index (χ0n) is 18.8. The highest BCUT2D eigenvalue weighted by Gasteiger charge is 2.17. The van der Waals surface area contributed by atoms with Gasteiger partial charge in [0.2, 0.25) is 0 Å². The van der Waals surface area contributed by atoms with Crippen LogP contribution in [0.15, 0.2) is 77.8 Å². The van der Waals surface area contributed by atoms with E-state index in [2.05, 4.69) is 20.1 Å². The molecule has 9 nitrogen and oxygen atoms in total. The van der Waals surface area contributed by atoms with E-state index in [1.54, 1.807) is 47.3 Å². The van der Waals surface area contributed by atoms with Gasteiger partial charge in [0.05, 0.1) is 35.3 Å². The van der Waals surface area contributed by atoms with Crippen LogP contribution in [0.1, 0.15) is 21.7 Å².